The number of likely N-dealkylation sites (N-methyl/N-ethyl adjacent to an activating group) is 1. The van der Waals surface area contributed by atoms with E-state index in [1.54, 1.807) is 11.9 Å². The van der Waals surface area contributed by atoms with Gasteiger partial charge in [0.05, 0.1) is 18.6 Å². The van der Waals surface area contributed by atoms with Gasteiger partial charge in [0.25, 0.3) is 0 Å². The minimum absolute atomic E-state index is 0.0727. The molecule has 1 atom stereocenters. The van der Waals surface area contributed by atoms with Crippen LogP contribution in [0.2, 0.25) is 0 Å². The van der Waals surface area contributed by atoms with Gasteiger partial charge in [-0.1, -0.05) is 18.2 Å². The molecule has 2 aliphatic rings. The molecule has 2 aliphatic heterocycles. The highest BCUT2D eigenvalue weighted by Gasteiger charge is 2.45. The summed E-state index contributed by atoms with van der Waals surface area (Å²) in [5.74, 6) is 0.188. The predicted octanol–water partition coefficient (Wildman–Crippen LogP) is 1.56. The van der Waals surface area contributed by atoms with Crippen LogP contribution in [0.4, 0.5) is 5.69 Å². The molecule has 1 aromatic carbocycles. The first kappa shape index (κ1) is 15.0. The second kappa shape index (κ2) is 5.72. The van der Waals surface area contributed by atoms with Gasteiger partial charge in [-0.15, -0.1) is 0 Å². The van der Waals surface area contributed by atoms with E-state index < -0.39 is 5.41 Å². The quantitative estimate of drug-likeness (QED) is 0.851. The van der Waals surface area contributed by atoms with Gasteiger partial charge in [0.1, 0.15) is 0 Å². The number of para-hydroxylation sites is 1. The minimum atomic E-state index is -0.604. The minimum Gasteiger partial charge on any atom is -0.378 e. The molecule has 3 rings (SSSR count). The molecule has 5 heteroatoms. The molecule has 1 unspecified atom stereocenters. The lowest BCUT2D eigenvalue weighted by molar-refractivity contribution is -0.135. The van der Waals surface area contributed by atoms with E-state index in [1.807, 2.05) is 36.1 Å². The number of morpholine rings is 1. The number of fused-ring (bicyclic) bond motifs is 1. The van der Waals surface area contributed by atoms with Crippen LogP contribution in [0.5, 0.6) is 0 Å². The van der Waals surface area contributed by atoms with Gasteiger partial charge in [-0.2, -0.15) is 0 Å². The van der Waals surface area contributed by atoms with Crippen LogP contribution in [0, 0.1) is 0 Å². The lowest BCUT2D eigenvalue weighted by Crippen LogP contribution is -2.42. The largest absolute Gasteiger partial charge is 0.378 e. The van der Waals surface area contributed by atoms with Crippen molar-refractivity contribution in [2.45, 2.75) is 25.2 Å². The number of benzene rings is 1. The number of ether oxygens (including phenoxy) is 1. The standard InChI is InChI=1S/C17H22N2O3/c1-17(8-7-15(20)19-9-11-22-12-10-19)13-5-3-4-6-14(13)18(2)16(17)21/h3-6H,7-12H2,1-2H3. The van der Waals surface area contributed by atoms with E-state index >= 15 is 0 Å². The average molecular weight is 302 g/mol. The molecular formula is C17H22N2O3. The SMILES string of the molecule is CN1C(=O)C(C)(CCC(=O)N2CCOCC2)c2ccccc21. The Bertz CT molecular complexity index is 595. The molecule has 5 nitrogen and oxygen atoms in total. The lowest BCUT2D eigenvalue weighted by atomic mass is 9.79. The van der Waals surface area contributed by atoms with Crippen molar-refractivity contribution < 1.29 is 14.3 Å². The summed E-state index contributed by atoms with van der Waals surface area (Å²) in [6.07, 6.45) is 0.938. The van der Waals surface area contributed by atoms with E-state index in [2.05, 4.69) is 0 Å². The van der Waals surface area contributed by atoms with Crippen molar-refractivity contribution in [1.29, 1.82) is 0 Å². The van der Waals surface area contributed by atoms with Gasteiger partial charge >= 0.3 is 0 Å². The van der Waals surface area contributed by atoms with Crippen LogP contribution in [0.3, 0.4) is 0 Å². The van der Waals surface area contributed by atoms with Crippen molar-refractivity contribution in [3.63, 3.8) is 0 Å². The number of carbonyl (C=O) groups excluding carboxylic acids is 2. The van der Waals surface area contributed by atoms with Crippen molar-refractivity contribution in [2.75, 3.05) is 38.3 Å². The number of rotatable bonds is 3. The Morgan fingerprint density at radius 1 is 1.27 bits per heavy atom. The molecule has 0 aromatic heterocycles. The molecule has 1 aromatic rings. The molecule has 0 bridgehead atoms. The van der Waals surface area contributed by atoms with Crippen LogP contribution in [0.15, 0.2) is 24.3 Å². The first-order valence-electron chi connectivity index (χ1n) is 7.77. The fraction of sp³-hybridized carbons (Fsp3) is 0.529. The third-order valence-electron chi connectivity index (χ3n) is 4.84. The molecular weight excluding hydrogens is 280 g/mol. The van der Waals surface area contributed by atoms with Crippen LogP contribution in [-0.2, 0) is 19.7 Å². The smallest absolute Gasteiger partial charge is 0.237 e. The predicted molar refractivity (Wildman–Crippen MR) is 83.8 cm³/mol. The Balaban J connectivity index is 1.74. The first-order valence-corrected chi connectivity index (χ1v) is 7.77. The van der Waals surface area contributed by atoms with E-state index in [-0.39, 0.29) is 11.8 Å². The summed E-state index contributed by atoms with van der Waals surface area (Å²) in [5, 5.41) is 0. The van der Waals surface area contributed by atoms with Gasteiger partial charge in [-0.05, 0) is 25.0 Å². The van der Waals surface area contributed by atoms with E-state index in [0.29, 0.717) is 39.1 Å². The van der Waals surface area contributed by atoms with E-state index in [0.717, 1.165) is 11.3 Å². The summed E-state index contributed by atoms with van der Waals surface area (Å²) in [7, 11) is 1.80. The molecule has 118 valence electrons. The van der Waals surface area contributed by atoms with Crippen molar-refractivity contribution in [3.05, 3.63) is 29.8 Å². The van der Waals surface area contributed by atoms with Gasteiger partial charge in [0, 0.05) is 32.2 Å². The number of hydrogen-bond donors (Lipinski definition) is 0. The van der Waals surface area contributed by atoms with Crippen LogP contribution in [0.1, 0.15) is 25.3 Å². The summed E-state index contributed by atoms with van der Waals surface area (Å²) in [6, 6.07) is 7.85. The van der Waals surface area contributed by atoms with Crippen molar-refractivity contribution in [1.82, 2.24) is 4.90 Å². The van der Waals surface area contributed by atoms with Crippen LogP contribution in [-0.4, -0.2) is 50.1 Å². The Morgan fingerprint density at radius 2 is 1.95 bits per heavy atom. The molecule has 0 saturated carbocycles. The summed E-state index contributed by atoms with van der Waals surface area (Å²) in [6.45, 7) is 4.46. The van der Waals surface area contributed by atoms with E-state index in [1.165, 1.54) is 0 Å². The molecule has 2 heterocycles. The summed E-state index contributed by atoms with van der Waals surface area (Å²) < 4.78 is 5.27. The van der Waals surface area contributed by atoms with Gasteiger partial charge in [0.15, 0.2) is 0 Å². The Labute approximate surface area is 130 Å². The molecule has 0 radical (unpaired) electrons. The Hall–Kier alpha value is -1.88. The van der Waals surface area contributed by atoms with Gasteiger partial charge < -0.3 is 14.5 Å². The highest BCUT2D eigenvalue weighted by molar-refractivity contribution is 6.07. The zero-order valence-corrected chi connectivity index (χ0v) is 13.2. The molecule has 0 spiro atoms. The number of amides is 2. The average Bonchev–Trinajstić information content (AvgIpc) is 2.76. The number of nitrogens with zero attached hydrogens (tertiary/aromatic N) is 2. The monoisotopic (exact) mass is 302 g/mol. The fourth-order valence-electron chi connectivity index (χ4n) is 3.40. The van der Waals surface area contributed by atoms with Crippen molar-refractivity contribution in [3.8, 4) is 0 Å². The second-order valence-electron chi connectivity index (χ2n) is 6.21. The summed E-state index contributed by atoms with van der Waals surface area (Å²) in [5.41, 5.74) is 1.37. The lowest BCUT2D eigenvalue weighted by Gasteiger charge is -2.29. The van der Waals surface area contributed by atoms with Crippen LogP contribution in [0.25, 0.3) is 0 Å². The summed E-state index contributed by atoms with van der Waals surface area (Å²) >= 11 is 0. The van der Waals surface area contributed by atoms with E-state index in [4.69, 9.17) is 4.74 Å². The summed E-state index contributed by atoms with van der Waals surface area (Å²) in [4.78, 5) is 28.5. The van der Waals surface area contributed by atoms with Crippen LogP contribution < -0.4 is 4.90 Å². The van der Waals surface area contributed by atoms with Gasteiger partial charge in [0.2, 0.25) is 11.8 Å². The number of carbonyl (C=O) groups is 2. The maximum absolute atomic E-state index is 12.7. The fourth-order valence-corrected chi connectivity index (χ4v) is 3.40. The zero-order valence-electron chi connectivity index (χ0n) is 13.2. The normalized spacial score (nSPS) is 24.5. The molecule has 0 aliphatic carbocycles. The molecule has 0 N–H and O–H groups in total. The van der Waals surface area contributed by atoms with E-state index in [9.17, 15) is 9.59 Å². The van der Waals surface area contributed by atoms with Crippen LogP contribution >= 0.6 is 0 Å². The highest BCUT2D eigenvalue weighted by Crippen LogP contribution is 2.43. The molecule has 1 fully saturated rings. The van der Waals surface area contributed by atoms with Crippen molar-refractivity contribution >= 4 is 17.5 Å². The maximum Gasteiger partial charge on any atom is 0.237 e. The number of anilines is 1. The Morgan fingerprint density at radius 3 is 2.68 bits per heavy atom. The molecule has 2 amide bonds. The molecule has 22 heavy (non-hydrogen) atoms. The first-order chi connectivity index (χ1) is 10.5. The topological polar surface area (TPSA) is 49.9 Å². The van der Waals surface area contributed by atoms with Gasteiger partial charge in [-0.25, -0.2) is 0 Å². The zero-order chi connectivity index (χ0) is 15.7. The maximum atomic E-state index is 12.7. The third kappa shape index (κ3) is 2.39. The highest BCUT2D eigenvalue weighted by atomic mass is 16.5. The number of hydrogen-bond acceptors (Lipinski definition) is 3. The Kier molecular flexibility index (Phi) is 3.91. The second-order valence-corrected chi connectivity index (χ2v) is 6.21. The van der Waals surface area contributed by atoms with Gasteiger partial charge in [-0.3, -0.25) is 9.59 Å². The molecule has 1 saturated heterocycles. The van der Waals surface area contributed by atoms with Crippen molar-refractivity contribution in [2.24, 2.45) is 0 Å². The third-order valence-corrected chi connectivity index (χ3v) is 4.84.